The van der Waals surface area contributed by atoms with Gasteiger partial charge in [-0.05, 0) is 12.1 Å². The van der Waals surface area contributed by atoms with Crippen molar-refractivity contribution < 1.29 is 9.32 Å². The third-order valence-electron chi connectivity index (χ3n) is 4.45. The number of pyridine rings is 1. The molecule has 0 bridgehead atoms. The van der Waals surface area contributed by atoms with Crippen molar-refractivity contribution >= 4 is 17.7 Å². The molecular weight excluding hydrogens is 376 g/mol. The number of thioether (sulfide) groups is 1. The highest BCUT2D eigenvalue weighted by Crippen LogP contribution is 2.24. The van der Waals surface area contributed by atoms with E-state index in [1.807, 2.05) is 49.6 Å². The number of nitrogens with zero attached hydrogens (tertiary/aromatic N) is 6. The normalized spacial score (nSPS) is 15.0. The predicted octanol–water partition coefficient (Wildman–Crippen LogP) is 2.80. The minimum absolute atomic E-state index is 0.0399. The van der Waals surface area contributed by atoms with Gasteiger partial charge in [-0.15, -0.1) is 0 Å². The first-order valence-corrected chi connectivity index (χ1v) is 10.3. The summed E-state index contributed by atoms with van der Waals surface area (Å²) in [6.45, 7) is 7.62. The number of imidazole rings is 1. The van der Waals surface area contributed by atoms with Crippen LogP contribution in [0.5, 0.6) is 0 Å². The number of carbonyl (C=O) groups is 1. The van der Waals surface area contributed by atoms with Crippen LogP contribution in [0.15, 0.2) is 35.4 Å². The van der Waals surface area contributed by atoms with Crippen LogP contribution in [0.1, 0.15) is 37.1 Å². The van der Waals surface area contributed by atoms with Gasteiger partial charge in [0, 0.05) is 48.0 Å². The topological polar surface area (TPSA) is 89.9 Å². The lowest BCUT2D eigenvalue weighted by molar-refractivity contribution is 0.0767. The Labute approximate surface area is 167 Å². The van der Waals surface area contributed by atoms with Crippen molar-refractivity contribution in [1.29, 1.82) is 0 Å². The molecule has 0 aliphatic carbocycles. The van der Waals surface area contributed by atoms with Crippen LogP contribution in [-0.4, -0.2) is 60.1 Å². The summed E-state index contributed by atoms with van der Waals surface area (Å²) < 4.78 is 7.15. The smallest absolute Gasteiger partial charge is 0.274 e. The van der Waals surface area contributed by atoms with Crippen molar-refractivity contribution in [2.24, 2.45) is 0 Å². The molecule has 0 N–H and O–H groups in total. The van der Waals surface area contributed by atoms with Gasteiger partial charge in [-0.2, -0.15) is 16.7 Å². The Morgan fingerprint density at radius 3 is 2.71 bits per heavy atom. The van der Waals surface area contributed by atoms with Gasteiger partial charge in [0.15, 0.2) is 5.82 Å². The first kappa shape index (κ1) is 18.7. The minimum atomic E-state index is -0.190. The number of carbonyl (C=O) groups excluding carboxylic acids is 1. The number of aromatic nitrogens is 5. The molecule has 9 heteroatoms. The highest BCUT2D eigenvalue weighted by Gasteiger charge is 2.23. The van der Waals surface area contributed by atoms with E-state index in [0.29, 0.717) is 23.2 Å². The Bertz CT molecular complexity index is 984. The van der Waals surface area contributed by atoms with Crippen LogP contribution in [0.3, 0.4) is 0 Å². The molecule has 1 fully saturated rings. The fraction of sp³-hybridized carbons (Fsp3) is 0.421. The average Bonchev–Trinajstić information content (AvgIpc) is 3.38. The van der Waals surface area contributed by atoms with Crippen LogP contribution in [0.2, 0.25) is 0 Å². The van der Waals surface area contributed by atoms with E-state index in [4.69, 9.17) is 4.52 Å². The highest BCUT2D eigenvalue weighted by molar-refractivity contribution is 7.99. The van der Waals surface area contributed by atoms with Crippen molar-refractivity contribution in [1.82, 2.24) is 29.6 Å². The van der Waals surface area contributed by atoms with Crippen LogP contribution in [-0.2, 0) is 5.41 Å². The Balaban J connectivity index is 1.57. The van der Waals surface area contributed by atoms with Gasteiger partial charge in [0.1, 0.15) is 17.8 Å². The highest BCUT2D eigenvalue weighted by atomic mass is 32.2. The molecule has 1 saturated heterocycles. The van der Waals surface area contributed by atoms with Gasteiger partial charge >= 0.3 is 0 Å². The van der Waals surface area contributed by atoms with Gasteiger partial charge < -0.3 is 9.42 Å². The van der Waals surface area contributed by atoms with Crippen molar-refractivity contribution in [3.63, 3.8) is 0 Å². The molecule has 1 aliphatic heterocycles. The zero-order valence-electron chi connectivity index (χ0n) is 16.1. The lowest BCUT2D eigenvalue weighted by Gasteiger charge is -2.25. The summed E-state index contributed by atoms with van der Waals surface area (Å²) in [6, 6.07) is 3.66. The number of amides is 1. The Kier molecular flexibility index (Phi) is 4.92. The molecule has 3 aromatic heterocycles. The van der Waals surface area contributed by atoms with Crippen molar-refractivity contribution in [3.8, 4) is 17.3 Å². The maximum atomic E-state index is 12.6. The van der Waals surface area contributed by atoms with E-state index in [1.54, 1.807) is 23.3 Å². The van der Waals surface area contributed by atoms with E-state index in [1.165, 1.54) is 0 Å². The maximum Gasteiger partial charge on any atom is 0.274 e. The molecule has 146 valence electrons. The molecule has 0 unspecified atom stereocenters. The molecule has 0 aromatic carbocycles. The van der Waals surface area contributed by atoms with E-state index in [9.17, 15) is 4.79 Å². The van der Waals surface area contributed by atoms with Gasteiger partial charge in [-0.3, -0.25) is 9.36 Å². The van der Waals surface area contributed by atoms with Crippen LogP contribution in [0.25, 0.3) is 17.3 Å². The number of hydrogen-bond acceptors (Lipinski definition) is 7. The SMILES string of the molecule is CC(C)(C)c1noc(-c2ccnc(-n3cnc(C(=O)N4CCSCC4)c3)c2)n1. The predicted molar refractivity (Wildman–Crippen MR) is 107 cm³/mol. The van der Waals surface area contributed by atoms with E-state index in [-0.39, 0.29) is 11.3 Å². The van der Waals surface area contributed by atoms with Crippen molar-refractivity contribution in [3.05, 3.63) is 42.4 Å². The van der Waals surface area contributed by atoms with Crippen LogP contribution in [0.4, 0.5) is 0 Å². The van der Waals surface area contributed by atoms with Gasteiger partial charge in [0.2, 0.25) is 0 Å². The summed E-state index contributed by atoms with van der Waals surface area (Å²) in [5, 5.41) is 4.07. The van der Waals surface area contributed by atoms with E-state index < -0.39 is 0 Å². The molecule has 0 saturated carbocycles. The molecule has 1 amide bonds. The third kappa shape index (κ3) is 3.80. The second kappa shape index (κ2) is 7.38. The molecule has 28 heavy (non-hydrogen) atoms. The van der Waals surface area contributed by atoms with Crippen LogP contribution in [0, 0.1) is 0 Å². The van der Waals surface area contributed by atoms with Crippen LogP contribution >= 0.6 is 11.8 Å². The molecule has 0 atom stereocenters. The molecule has 3 aromatic rings. The summed E-state index contributed by atoms with van der Waals surface area (Å²) in [5.41, 5.74) is 0.999. The first-order chi connectivity index (χ1) is 13.4. The molecule has 4 heterocycles. The van der Waals surface area contributed by atoms with Crippen LogP contribution < -0.4 is 0 Å². The summed E-state index contributed by atoms with van der Waals surface area (Å²) >= 11 is 1.87. The summed E-state index contributed by atoms with van der Waals surface area (Å²) in [6.07, 6.45) is 4.99. The Hall–Kier alpha value is -2.68. The number of rotatable bonds is 3. The number of hydrogen-bond donors (Lipinski definition) is 0. The fourth-order valence-electron chi connectivity index (χ4n) is 2.82. The van der Waals surface area contributed by atoms with Gasteiger partial charge in [0.25, 0.3) is 11.8 Å². The van der Waals surface area contributed by atoms with E-state index in [2.05, 4.69) is 20.1 Å². The fourth-order valence-corrected chi connectivity index (χ4v) is 3.73. The molecule has 8 nitrogen and oxygen atoms in total. The van der Waals surface area contributed by atoms with E-state index >= 15 is 0 Å². The molecule has 0 spiro atoms. The Morgan fingerprint density at radius 1 is 1.21 bits per heavy atom. The largest absolute Gasteiger partial charge is 0.336 e. The van der Waals surface area contributed by atoms with Crippen molar-refractivity contribution in [2.75, 3.05) is 24.6 Å². The first-order valence-electron chi connectivity index (χ1n) is 9.14. The van der Waals surface area contributed by atoms with Crippen molar-refractivity contribution in [2.45, 2.75) is 26.2 Å². The minimum Gasteiger partial charge on any atom is -0.336 e. The molecule has 0 radical (unpaired) electrons. The molecule has 4 rings (SSSR count). The van der Waals surface area contributed by atoms with E-state index in [0.717, 1.165) is 30.2 Å². The molecule has 1 aliphatic rings. The third-order valence-corrected chi connectivity index (χ3v) is 5.40. The average molecular weight is 398 g/mol. The second-order valence-corrected chi connectivity index (χ2v) is 8.87. The van der Waals surface area contributed by atoms with Gasteiger partial charge in [0.05, 0.1) is 0 Å². The summed E-state index contributed by atoms with van der Waals surface area (Å²) in [7, 11) is 0. The quantitative estimate of drug-likeness (QED) is 0.670. The summed E-state index contributed by atoms with van der Waals surface area (Å²) in [5.74, 6) is 3.62. The van der Waals surface area contributed by atoms with Gasteiger partial charge in [-0.1, -0.05) is 25.9 Å². The lowest BCUT2D eigenvalue weighted by atomic mass is 9.96. The zero-order valence-corrected chi connectivity index (χ0v) is 16.9. The monoisotopic (exact) mass is 398 g/mol. The standard InChI is InChI=1S/C19H22N6O2S/c1-19(2,3)18-22-16(27-23-18)13-4-5-20-15(10-13)25-11-14(21-12-25)17(26)24-6-8-28-9-7-24/h4-5,10-12H,6-9H2,1-3H3. The molecular formula is C19H22N6O2S. The lowest BCUT2D eigenvalue weighted by Crippen LogP contribution is -2.38. The zero-order chi connectivity index (χ0) is 19.7. The Morgan fingerprint density at radius 2 is 2.00 bits per heavy atom. The summed E-state index contributed by atoms with van der Waals surface area (Å²) in [4.78, 5) is 27.6. The van der Waals surface area contributed by atoms with Gasteiger partial charge in [-0.25, -0.2) is 9.97 Å². The second-order valence-electron chi connectivity index (χ2n) is 7.65. The maximum absolute atomic E-state index is 12.6.